The molecule has 212 valence electrons. The summed E-state index contributed by atoms with van der Waals surface area (Å²) in [5, 5.41) is 10.7. The number of anilines is 3. The smallest absolute Gasteiger partial charge is 0.323 e. The fourth-order valence-corrected chi connectivity index (χ4v) is 4.48. The van der Waals surface area contributed by atoms with Gasteiger partial charge in [0.1, 0.15) is 18.1 Å². The third kappa shape index (κ3) is 7.21. The van der Waals surface area contributed by atoms with Gasteiger partial charge in [-0.3, -0.25) is 14.5 Å². The molecule has 3 aromatic carbocycles. The number of para-hydroxylation sites is 1. The second-order valence-corrected chi connectivity index (χ2v) is 9.26. The van der Waals surface area contributed by atoms with E-state index in [2.05, 4.69) is 9.88 Å². The maximum Gasteiger partial charge on any atom is 0.323 e. The number of aromatic nitrogens is 1. The van der Waals surface area contributed by atoms with Crippen LogP contribution in [0.25, 0.3) is 10.8 Å². The number of methoxy groups -OCH3 is 1. The van der Waals surface area contributed by atoms with Gasteiger partial charge in [0.15, 0.2) is 0 Å². The lowest BCUT2D eigenvalue weighted by Crippen LogP contribution is -2.50. The molecular weight excluding hydrogens is 524 g/mol. The number of aliphatic carboxylic acids is 1. The monoisotopic (exact) mass is 556 g/mol. The normalized spacial score (nSPS) is 12.7. The molecule has 0 unspecified atom stereocenters. The summed E-state index contributed by atoms with van der Waals surface area (Å²) in [4.78, 5) is 44.1. The number of primary amides is 1. The van der Waals surface area contributed by atoms with Crippen LogP contribution < -0.4 is 26.0 Å². The van der Waals surface area contributed by atoms with Crippen molar-refractivity contribution in [2.45, 2.75) is 0 Å². The van der Waals surface area contributed by atoms with Crippen molar-refractivity contribution in [1.29, 1.82) is 0 Å². The first-order valence-corrected chi connectivity index (χ1v) is 12.9. The van der Waals surface area contributed by atoms with Crippen LogP contribution >= 0.6 is 0 Å². The number of fused-ring (bicyclic) bond motifs is 1. The van der Waals surface area contributed by atoms with Gasteiger partial charge in [0.2, 0.25) is 0 Å². The number of nitrogens with two attached hydrogens (primary N) is 2. The molecule has 0 aliphatic carbocycles. The molecule has 0 spiro atoms. The molecule has 4 aromatic rings. The summed E-state index contributed by atoms with van der Waals surface area (Å²) in [6.45, 7) is 2.57. The number of hydrogen-bond donors (Lipinski definition) is 3. The predicted molar refractivity (Wildman–Crippen MR) is 158 cm³/mol. The van der Waals surface area contributed by atoms with E-state index in [1.165, 1.54) is 4.90 Å². The second-order valence-electron chi connectivity index (χ2n) is 9.26. The Labute approximate surface area is 237 Å². The van der Waals surface area contributed by atoms with E-state index in [0.29, 0.717) is 35.5 Å². The van der Waals surface area contributed by atoms with Crippen LogP contribution in [0.4, 0.5) is 22.0 Å². The number of rotatable bonds is 6. The van der Waals surface area contributed by atoms with Crippen molar-refractivity contribution in [3.8, 4) is 5.75 Å². The summed E-state index contributed by atoms with van der Waals surface area (Å²) in [7, 11) is 1.65. The molecular formula is C30H32N6O5. The zero-order valence-corrected chi connectivity index (χ0v) is 22.6. The van der Waals surface area contributed by atoms with Crippen LogP contribution in [0.1, 0.15) is 10.4 Å². The number of piperazine rings is 1. The molecule has 1 aliphatic rings. The van der Waals surface area contributed by atoms with Crippen LogP contribution in [-0.2, 0) is 4.79 Å². The highest BCUT2D eigenvalue weighted by molar-refractivity contribution is 6.10. The zero-order chi connectivity index (χ0) is 29.4. The largest absolute Gasteiger partial charge is 0.497 e. The molecule has 2 heterocycles. The lowest BCUT2D eigenvalue weighted by Gasteiger charge is -2.35. The number of amides is 3. The van der Waals surface area contributed by atoms with Crippen LogP contribution in [0.15, 0.2) is 85.1 Å². The van der Waals surface area contributed by atoms with E-state index >= 15 is 0 Å². The maximum absolute atomic E-state index is 12.8. The van der Waals surface area contributed by atoms with Gasteiger partial charge in [-0.2, -0.15) is 0 Å². The topological polar surface area (TPSA) is 155 Å². The minimum Gasteiger partial charge on any atom is -0.497 e. The predicted octanol–water partition coefficient (Wildman–Crippen LogP) is 3.44. The number of carbonyl (C=O) groups is 3. The highest BCUT2D eigenvalue weighted by atomic mass is 16.5. The molecule has 1 saturated heterocycles. The summed E-state index contributed by atoms with van der Waals surface area (Å²) in [6, 6.07) is 23.1. The standard InChI is InChI=1S/C18H15N3O3.C12H17N3O2/c19-17-15-10-13(7-6-12(15)8-9-20-17)18(24)21(11-16(22)23)14-4-2-1-3-5-14;1-17-11-4-2-10(3-5-11)14-6-8-15(9-7-14)12(13)16/h1-10H,11H2,(H2,19,20)(H,22,23);2-5H,6-9H2,1H3,(H2,13,16). The van der Waals surface area contributed by atoms with Gasteiger partial charge in [-0.1, -0.05) is 24.3 Å². The molecule has 0 bridgehead atoms. The number of nitrogen functional groups attached to an aromatic ring is 1. The van der Waals surface area contributed by atoms with Crippen LogP contribution in [0.2, 0.25) is 0 Å². The molecule has 11 nitrogen and oxygen atoms in total. The number of pyridine rings is 1. The molecule has 1 fully saturated rings. The number of carboxylic acids is 1. The summed E-state index contributed by atoms with van der Waals surface area (Å²) in [5.74, 6) is -0.320. The number of carboxylic acid groups (broad SMARTS) is 1. The van der Waals surface area contributed by atoms with Crippen molar-refractivity contribution in [2.24, 2.45) is 5.73 Å². The number of nitrogens with zero attached hydrogens (tertiary/aromatic N) is 4. The first-order chi connectivity index (χ1) is 19.8. The summed E-state index contributed by atoms with van der Waals surface area (Å²) >= 11 is 0. The lowest BCUT2D eigenvalue weighted by atomic mass is 10.1. The molecule has 41 heavy (non-hydrogen) atoms. The van der Waals surface area contributed by atoms with Crippen molar-refractivity contribution in [3.05, 3.63) is 90.6 Å². The fourth-order valence-electron chi connectivity index (χ4n) is 4.48. The van der Waals surface area contributed by atoms with Gasteiger partial charge in [-0.25, -0.2) is 9.78 Å². The van der Waals surface area contributed by atoms with Gasteiger partial charge < -0.3 is 31.1 Å². The quantitative estimate of drug-likeness (QED) is 0.326. The van der Waals surface area contributed by atoms with Crippen LogP contribution in [0.3, 0.4) is 0 Å². The molecule has 0 atom stereocenters. The summed E-state index contributed by atoms with van der Waals surface area (Å²) in [6.07, 6.45) is 1.60. The zero-order valence-electron chi connectivity index (χ0n) is 22.6. The second kappa shape index (κ2) is 13.2. The van der Waals surface area contributed by atoms with Crippen LogP contribution in [0, 0.1) is 0 Å². The Balaban J connectivity index is 0.000000201. The molecule has 0 radical (unpaired) electrons. The Kier molecular flexibility index (Phi) is 9.20. The van der Waals surface area contributed by atoms with E-state index in [1.807, 2.05) is 24.3 Å². The first kappa shape index (κ1) is 28.7. The highest BCUT2D eigenvalue weighted by Crippen LogP contribution is 2.23. The number of ether oxygens (including phenoxy) is 1. The van der Waals surface area contributed by atoms with Crippen molar-refractivity contribution in [3.63, 3.8) is 0 Å². The van der Waals surface area contributed by atoms with Gasteiger partial charge in [-0.15, -0.1) is 0 Å². The Morgan fingerprint density at radius 1 is 0.951 bits per heavy atom. The highest BCUT2D eigenvalue weighted by Gasteiger charge is 2.21. The fraction of sp³-hybridized carbons (Fsp3) is 0.200. The van der Waals surface area contributed by atoms with Gasteiger partial charge in [0, 0.05) is 54.7 Å². The minimum absolute atomic E-state index is 0.326. The first-order valence-electron chi connectivity index (χ1n) is 12.9. The average Bonchev–Trinajstić information content (AvgIpc) is 3.00. The number of carbonyl (C=O) groups excluding carboxylic acids is 2. The Bertz CT molecular complexity index is 1510. The average molecular weight is 557 g/mol. The van der Waals surface area contributed by atoms with Crippen molar-refractivity contribution < 1.29 is 24.2 Å². The summed E-state index contributed by atoms with van der Waals surface area (Å²) < 4.78 is 5.12. The van der Waals surface area contributed by atoms with Crippen molar-refractivity contribution >= 4 is 45.9 Å². The van der Waals surface area contributed by atoms with Crippen molar-refractivity contribution in [1.82, 2.24) is 9.88 Å². The SMILES string of the molecule is COc1ccc(N2CCN(C(N)=O)CC2)cc1.Nc1nccc2ccc(C(=O)N(CC(=O)O)c3ccccc3)cc12. The third-order valence-corrected chi connectivity index (χ3v) is 6.68. The van der Waals surface area contributed by atoms with Gasteiger partial charge in [0.25, 0.3) is 5.91 Å². The minimum atomic E-state index is -1.09. The van der Waals surface area contributed by atoms with Gasteiger partial charge in [-0.05, 0) is 60.0 Å². The van der Waals surface area contributed by atoms with E-state index in [1.54, 1.807) is 72.8 Å². The van der Waals surface area contributed by atoms with Gasteiger partial charge >= 0.3 is 12.0 Å². The maximum atomic E-state index is 12.8. The number of urea groups is 1. The molecule has 5 rings (SSSR count). The van der Waals surface area contributed by atoms with Gasteiger partial charge in [0.05, 0.1) is 7.11 Å². The number of hydrogen-bond acceptors (Lipinski definition) is 7. The van der Waals surface area contributed by atoms with Crippen molar-refractivity contribution in [2.75, 3.05) is 55.4 Å². The molecule has 11 heteroatoms. The molecule has 0 saturated carbocycles. The van der Waals surface area contributed by atoms with E-state index < -0.39 is 18.4 Å². The van der Waals surface area contributed by atoms with E-state index in [9.17, 15) is 14.4 Å². The summed E-state index contributed by atoms with van der Waals surface area (Å²) in [5.41, 5.74) is 13.1. The molecule has 5 N–H and O–H groups in total. The lowest BCUT2D eigenvalue weighted by molar-refractivity contribution is -0.135. The Hall–Kier alpha value is -5.32. The van der Waals surface area contributed by atoms with Crippen LogP contribution in [0.5, 0.6) is 5.75 Å². The third-order valence-electron chi connectivity index (χ3n) is 6.68. The molecule has 1 aliphatic heterocycles. The molecule has 3 amide bonds. The van der Waals surface area contributed by atoms with E-state index in [0.717, 1.165) is 29.9 Å². The Morgan fingerprint density at radius 2 is 1.63 bits per heavy atom. The van der Waals surface area contributed by atoms with Crippen LogP contribution in [-0.4, -0.2) is 72.7 Å². The van der Waals surface area contributed by atoms with E-state index in [-0.39, 0.29) is 6.03 Å². The van der Waals surface area contributed by atoms with E-state index in [4.69, 9.17) is 21.3 Å². The Morgan fingerprint density at radius 3 is 2.24 bits per heavy atom. The molecule has 1 aromatic heterocycles. The number of benzene rings is 3.